The van der Waals surface area contributed by atoms with Crippen LogP contribution in [0.3, 0.4) is 0 Å². The van der Waals surface area contributed by atoms with E-state index in [1.807, 2.05) is 13.0 Å². The van der Waals surface area contributed by atoms with Gasteiger partial charge < -0.3 is 10.6 Å². The van der Waals surface area contributed by atoms with Gasteiger partial charge in [-0.2, -0.15) is 4.31 Å². The molecule has 2 fully saturated rings. The quantitative estimate of drug-likeness (QED) is 0.583. The lowest BCUT2D eigenvalue weighted by Crippen LogP contribution is -2.39. The van der Waals surface area contributed by atoms with Crippen molar-refractivity contribution >= 4 is 27.3 Å². The molecule has 1 aliphatic carbocycles. The third kappa shape index (κ3) is 4.74. The summed E-state index contributed by atoms with van der Waals surface area (Å²) in [7, 11) is -3.33. The van der Waals surface area contributed by atoms with Crippen molar-refractivity contribution in [3.63, 3.8) is 0 Å². The summed E-state index contributed by atoms with van der Waals surface area (Å²) < 4.78 is 27.5. The number of hydrogen-bond donors (Lipinski definition) is 2. The van der Waals surface area contributed by atoms with Crippen molar-refractivity contribution in [1.29, 1.82) is 0 Å². The van der Waals surface area contributed by atoms with E-state index in [0.29, 0.717) is 35.8 Å². The summed E-state index contributed by atoms with van der Waals surface area (Å²) in [5, 5.41) is 6.67. The Bertz CT molecular complexity index is 708. The molecule has 0 amide bonds. The van der Waals surface area contributed by atoms with E-state index in [4.69, 9.17) is 0 Å². The van der Waals surface area contributed by atoms with Crippen molar-refractivity contribution < 1.29 is 8.42 Å². The maximum atomic E-state index is 12.7. The second-order valence-electron chi connectivity index (χ2n) is 6.84. The molecule has 1 aliphatic heterocycles. The third-order valence-corrected chi connectivity index (χ3v) is 8.15. The fourth-order valence-electron chi connectivity index (χ4n) is 2.99. The van der Waals surface area contributed by atoms with Gasteiger partial charge in [-0.05, 0) is 44.2 Å². The molecule has 0 radical (unpaired) electrons. The fraction of sp³-hybridized carbons (Fsp3) is 0.706. The fourth-order valence-corrected chi connectivity index (χ4v) is 5.94. The normalized spacial score (nSPS) is 25.0. The Balaban J connectivity index is 1.64. The number of rotatable bonds is 6. The van der Waals surface area contributed by atoms with Crippen LogP contribution in [0.2, 0.25) is 0 Å². The lowest BCUT2D eigenvalue weighted by atomic mass is 10.2. The summed E-state index contributed by atoms with van der Waals surface area (Å²) in [5.41, 5.74) is 0. The predicted octanol–water partition coefficient (Wildman–Crippen LogP) is 2.39. The molecule has 0 aromatic carbocycles. The lowest BCUT2D eigenvalue weighted by molar-refractivity contribution is 0.347. The van der Waals surface area contributed by atoms with Gasteiger partial charge in [-0.1, -0.05) is 13.3 Å². The molecule has 140 valence electrons. The third-order valence-electron chi connectivity index (χ3n) is 4.72. The van der Waals surface area contributed by atoms with Gasteiger partial charge in [0, 0.05) is 30.6 Å². The smallest absolute Gasteiger partial charge is 0.252 e. The van der Waals surface area contributed by atoms with Crippen molar-refractivity contribution in [2.45, 2.75) is 56.3 Å². The minimum absolute atomic E-state index is 0.438. The molecule has 1 saturated heterocycles. The summed E-state index contributed by atoms with van der Waals surface area (Å²) in [4.78, 5) is 5.57. The molecule has 3 rings (SSSR count). The number of thiophene rings is 1. The molecule has 8 heteroatoms. The van der Waals surface area contributed by atoms with E-state index in [0.717, 1.165) is 36.6 Å². The summed E-state index contributed by atoms with van der Waals surface area (Å²) in [5.74, 6) is 1.51. The standard InChI is InChI=1S/C17H28N4O2S2/c1-3-18-17(20-15-11-13(15)2)19-12-14-7-8-16(24-14)25(22,23)21-9-5-4-6-10-21/h7-8,13,15H,3-6,9-12H2,1-2H3,(H2,18,19,20). The number of sulfonamides is 1. The van der Waals surface area contributed by atoms with Crippen LogP contribution in [0.5, 0.6) is 0 Å². The lowest BCUT2D eigenvalue weighted by Gasteiger charge is -2.25. The Labute approximate surface area is 154 Å². The summed E-state index contributed by atoms with van der Waals surface area (Å²) in [6.07, 6.45) is 4.22. The molecule has 2 heterocycles. The zero-order chi connectivity index (χ0) is 17.9. The zero-order valence-electron chi connectivity index (χ0n) is 15.0. The van der Waals surface area contributed by atoms with Crippen LogP contribution in [0.15, 0.2) is 21.3 Å². The van der Waals surface area contributed by atoms with E-state index < -0.39 is 10.0 Å². The van der Waals surface area contributed by atoms with Gasteiger partial charge in [0.05, 0.1) is 6.54 Å². The topological polar surface area (TPSA) is 73.8 Å². The van der Waals surface area contributed by atoms with Gasteiger partial charge in [0.1, 0.15) is 4.21 Å². The van der Waals surface area contributed by atoms with Gasteiger partial charge in [0.15, 0.2) is 5.96 Å². The van der Waals surface area contributed by atoms with E-state index in [9.17, 15) is 8.42 Å². The van der Waals surface area contributed by atoms with E-state index in [1.54, 1.807) is 10.4 Å². The largest absolute Gasteiger partial charge is 0.357 e. The van der Waals surface area contributed by atoms with Crippen LogP contribution < -0.4 is 10.6 Å². The van der Waals surface area contributed by atoms with Crippen molar-refractivity contribution in [2.24, 2.45) is 10.9 Å². The summed E-state index contributed by atoms with van der Waals surface area (Å²) in [6.45, 7) is 6.85. The minimum Gasteiger partial charge on any atom is -0.357 e. The zero-order valence-corrected chi connectivity index (χ0v) is 16.6. The Kier molecular flexibility index (Phi) is 6.01. The van der Waals surface area contributed by atoms with Gasteiger partial charge in [0.2, 0.25) is 0 Å². The SMILES string of the molecule is CCNC(=NCc1ccc(S(=O)(=O)N2CCCCC2)s1)NC1CC1C. The van der Waals surface area contributed by atoms with Crippen molar-refractivity contribution in [3.05, 3.63) is 17.0 Å². The molecule has 25 heavy (non-hydrogen) atoms. The second kappa shape index (κ2) is 8.05. The Morgan fingerprint density at radius 3 is 2.68 bits per heavy atom. The number of piperidine rings is 1. The highest BCUT2D eigenvalue weighted by atomic mass is 32.2. The van der Waals surface area contributed by atoms with Gasteiger partial charge in [-0.25, -0.2) is 13.4 Å². The highest BCUT2D eigenvalue weighted by molar-refractivity contribution is 7.91. The molecular formula is C17H28N4O2S2. The van der Waals surface area contributed by atoms with Crippen LogP contribution in [0, 0.1) is 5.92 Å². The number of nitrogens with one attached hydrogen (secondary N) is 2. The van der Waals surface area contributed by atoms with Crippen LogP contribution in [-0.2, 0) is 16.6 Å². The van der Waals surface area contributed by atoms with Gasteiger partial charge in [-0.15, -0.1) is 11.3 Å². The van der Waals surface area contributed by atoms with Gasteiger partial charge in [0.25, 0.3) is 10.0 Å². The first-order valence-electron chi connectivity index (χ1n) is 9.14. The molecule has 2 atom stereocenters. The predicted molar refractivity (Wildman–Crippen MR) is 102 cm³/mol. The maximum absolute atomic E-state index is 12.7. The second-order valence-corrected chi connectivity index (χ2v) is 10.2. The van der Waals surface area contributed by atoms with Gasteiger partial charge in [-0.3, -0.25) is 0 Å². The highest BCUT2D eigenvalue weighted by Gasteiger charge is 2.33. The van der Waals surface area contributed by atoms with E-state index in [-0.39, 0.29) is 0 Å². The minimum atomic E-state index is -3.33. The van der Waals surface area contributed by atoms with E-state index >= 15 is 0 Å². The van der Waals surface area contributed by atoms with Crippen LogP contribution in [0.4, 0.5) is 0 Å². The maximum Gasteiger partial charge on any atom is 0.252 e. The summed E-state index contributed by atoms with van der Waals surface area (Å²) in [6, 6.07) is 4.12. The molecule has 0 spiro atoms. The van der Waals surface area contributed by atoms with Crippen LogP contribution >= 0.6 is 11.3 Å². The average Bonchev–Trinajstić information content (AvgIpc) is 3.10. The number of aliphatic imine (C=N–C) groups is 1. The molecule has 2 aliphatic rings. The monoisotopic (exact) mass is 384 g/mol. The van der Waals surface area contributed by atoms with Gasteiger partial charge >= 0.3 is 0 Å². The van der Waals surface area contributed by atoms with Crippen LogP contribution in [0.25, 0.3) is 0 Å². The molecule has 0 bridgehead atoms. The summed E-state index contributed by atoms with van der Waals surface area (Å²) >= 11 is 1.34. The first-order chi connectivity index (χ1) is 12.0. The Morgan fingerprint density at radius 2 is 2.04 bits per heavy atom. The molecule has 1 aromatic rings. The number of guanidine groups is 1. The Morgan fingerprint density at radius 1 is 1.32 bits per heavy atom. The Hall–Kier alpha value is -1.12. The first-order valence-corrected chi connectivity index (χ1v) is 11.4. The molecule has 6 nitrogen and oxygen atoms in total. The van der Waals surface area contributed by atoms with Crippen molar-refractivity contribution in [1.82, 2.24) is 14.9 Å². The first kappa shape index (κ1) is 18.7. The number of nitrogens with zero attached hydrogens (tertiary/aromatic N) is 2. The van der Waals surface area contributed by atoms with Crippen molar-refractivity contribution in [2.75, 3.05) is 19.6 Å². The highest BCUT2D eigenvalue weighted by Crippen LogP contribution is 2.29. The molecule has 2 N–H and O–H groups in total. The van der Waals surface area contributed by atoms with E-state index in [1.165, 1.54) is 17.8 Å². The van der Waals surface area contributed by atoms with Crippen molar-refractivity contribution in [3.8, 4) is 0 Å². The van der Waals surface area contributed by atoms with Crippen LogP contribution in [0.1, 0.15) is 44.4 Å². The molecule has 1 aromatic heterocycles. The molecular weight excluding hydrogens is 356 g/mol. The van der Waals surface area contributed by atoms with Crippen LogP contribution in [-0.4, -0.2) is 44.4 Å². The molecule has 1 saturated carbocycles. The molecule has 2 unspecified atom stereocenters. The van der Waals surface area contributed by atoms with E-state index in [2.05, 4.69) is 22.5 Å². The number of hydrogen-bond acceptors (Lipinski definition) is 4. The average molecular weight is 385 g/mol.